The van der Waals surface area contributed by atoms with Crippen molar-refractivity contribution < 1.29 is 4.74 Å². The van der Waals surface area contributed by atoms with Gasteiger partial charge in [0.05, 0.1) is 12.2 Å². The molecule has 0 aliphatic heterocycles. The third-order valence-corrected chi connectivity index (χ3v) is 4.68. The van der Waals surface area contributed by atoms with Gasteiger partial charge < -0.3 is 10.1 Å². The number of halogens is 1. The maximum atomic E-state index is 6.35. The molecular formula is C16H24BrNO. The van der Waals surface area contributed by atoms with E-state index in [4.69, 9.17) is 4.74 Å². The van der Waals surface area contributed by atoms with Gasteiger partial charge in [-0.25, -0.2) is 0 Å². The van der Waals surface area contributed by atoms with E-state index in [0.717, 1.165) is 16.9 Å². The smallest absolute Gasteiger partial charge is 0.0963 e. The van der Waals surface area contributed by atoms with Crippen molar-refractivity contribution in [2.24, 2.45) is 5.92 Å². The first-order chi connectivity index (χ1) is 9.20. The highest BCUT2D eigenvalue weighted by Crippen LogP contribution is 2.32. The van der Waals surface area contributed by atoms with Gasteiger partial charge in [0.2, 0.25) is 0 Å². The van der Waals surface area contributed by atoms with Gasteiger partial charge in [0.1, 0.15) is 0 Å². The number of nitrogens with one attached hydrogen (secondary N) is 1. The molecule has 0 radical (unpaired) electrons. The van der Waals surface area contributed by atoms with E-state index in [1.54, 1.807) is 0 Å². The predicted molar refractivity (Wildman–Crippen MR) is 83.3 cm³/mol. The van der Waals surface area contributed by atoms with Crippen LogP contribution in [0.4, 0.5) is 0 Å². The van der Waals surface area contributed by atoms with E-state index in [2.05, 4.69) is 46.4 Å². The minimum atomic E-state index is 0.138. The summed E-state index contributed by atoms with van der Waals surface area (Å²) < 4.78 is 7.49. The highest BCUT2D eigenvalue weighted by molar-refractivity contribution is 9.10. The molecule has 1 aromatic carbocycles. The molecule has 3 heteroatoms. The third-order valence-electron chi connectivity index (χ3n) is 3.96. The summed E-state index contributed by atoms with van der Waals surface area (Å²) in [5.74, 6) is 0.867. The molecule has 1 saturated carbocycles. The standard InChI is InChI=1S/C16H24BrNO/c1-12-7-9-13(10-8-12)19-16(11-18-2)14-5-3-4-6-15(14)17/h3-6,12-13,16,18H,7-11H2,1-2H3. The quantitative estimate of drug-likeness (QED) is 0.871. The second-order valence-electron chi connectivity index (χ2n) is 5.59. The maximum absolute atomic E-state index is 6.35. The fourth-order valence-corrected chi connectivity index (χ4v) is 3.29. The number of rotatable bonds is 5. The van der Waals surface area contributed by atoms with Gasteiger partial charge in [0.15, 0.2) is 0 Å². The van der Waals surface area contributed by atoms with Crippen molar-refractivity contribution in [2.45, 2.75) is 44.8 Å². The van der Waals surface area contributed by atoms with Crippen LogP contribution in [0.1, 0.15) is 44.3 Å². The van der Waals surface area contributed by atoms with Crippen molar-refractivity contribution >= 4 is 15.9 Å². The molecule has 0 heterocycles. The summed E-state index contributed by atoms with van der Waals surface area (Å²) in [5.41, 5.74) is 1.25. The molecule has 2 nitrogen and oxygen atoms in total. The average Bonchev–Trinajstić information content (AvgIpc) is 2.41. The summed E-state index contributed by atoms with van der Waals surface area (Å²) in [4.78, 5) is 0. The van der Waals surface area contributed by atoms with Crippen LogP contribution in [0.3, 0.4) is 0 Å². The molecule has 1 aliphatic rings. The molecule has 1 atom stereocenters. The maximum Gasteiger partial charge on any atom is 0.0963 e. The highest BCUT2D eigenvalue weighted by Gasteiger charge is 2.23. The first-order valence-electron chi connectivity index (χ1n) is 7.25. The Kier molecular flexibility index (Phi) is 5.86. The molecule has 0 bridgehead atoms. The number of benzene rings is 1. The first kappa shape index (κ1) is 15.0. The van der Waals surface area contributed by atoms with E-state index in [-0.39, 0.29) is 6.10 Å². The number of hydrogen-bond donors (Lipinski definition) is 1. The zero-order valence-corrected chi connectivity index (χ0v) is 13.4. The topological polar surface area (TPSA) is 21.3 Å². The van der Waals surface area contributed by atoms with Crippen molar-refractivity contribution in [1.82, 2.24) is 5.32 Å². The molecule has 2 rings (SSSR count). The van der Waals surface area contributed by atoms with Crippen LogP contribution < -0.4 is 5.32 Å². The number of hydrogen-bond acceptors (Lipinski definition) is 2. The molecule has 0 spiro atoms. The molecule has 0 amide bonds. The van der Waals surface area contributed by atoms with E-state index in [0.29, 0.717) is 6.10 Å². The van der Waals surface area contributed by atoms with Crippen LogP contribution in [0, 0.1) is 5.92 Å². The molecular weight excluding hydrogens is 302 g/mol. The van der Waals surface area contributed by atoms with Crippen LogP contribution in [-0.4, -0.2) is 19.7 Å². The molecule has 1 aromatic rings. The minimum Gasteiger partial charge on any atom is -0.369 e. The number of ether oxygens (including phenoxy) is 1. The Morgan fingerprint density at radius 2 is 1.95 bits per heavy atom. The summed E-state index contributed by atoms with van der Waals surface area (Å²) in [6, 6.07) is 8.36. The average molecular weight is 326 g/mol. The lowest BCUT2D eigenvalue weighted by Crippen LogP contribution is -2.27. The second-order valence-corrected chi connectivity index (χ2v) is 6.44. The fraction of sp³-hybridized carbons (Fsp3) is 0.625. The Labute approximate surface area is 125 Å². The summed E-state index contributed by atoms with van der Waals surface area (Å²) in [6.45, 7) is 3.20. The minimum absolute atomic E-state index is 0.138. The van der Waals surface area contributed by atoms with Crippen LogP contribution in [0.25, 0.3) is 0 Å². The van der Waals surface area contributed by atoms with Gasteiger partial charge in [0.25, 0.3) is 0 Å². The molecule has 0 saturated heterocycles. The van der Waals surface area contributed by atoms with E-state index in [1.165, 1.54) is 31.2 Å². The summed E-state index contributed by atoms with van der Waals surface area (Å²) in [6.07, 6.45) is 5.55. The largest absolute Gasteiger partial charge is 0.369 e. The second kappa shape index (κ2) is 7.41. The van der Waals surface area contributed by atoms with E-state index in [9.17, 15) is 0 Å². The van der Waals surface area contributed by atoms with Gasteiger partial charge >= 0.3 is 0 Å². The lowest BCUT2D eigenvalue weighted by atomic mass is 9.89. The first-order valence-corrected chi connectivity index (χ1v) is 8.04. The van der Waals surface area contributed by atoms with Crippen LogP contribution in [0.2, 0.25) is 0 Å². The highest BCUT2D eigenvalue weighted by atomic mass is 79.9. The zero-order valence-electron chi connectivity index (χ0n) is 11.9. The molecule has 1 N–H and O–H groups in total. The summed E-state index contributed by atoms with van der Waals surface area (Å²) in [5, 5.41) is 3.25. The normalized spacial score (nSPS) is 25.2. The molecule has 1 unspecified atom stereocenters. The van der Waals surface area contributed by atoms with Gasteiger partial charge in [0, 0.05) is 11.0 Å². The van der Waals surface area contributed by atoms with Gasteiger partial charge in [-0.2, -0.15) is 0 Å². The lowest BCUT2D eigenvalue weighted by Gasteiger charge is -2.30. The van der Waals surface area contributed by atoms with Crippen LogP contribution in [-0.2, 0) is 4.74 Å². The third kappa shape index (κ3) is 4.30. The molecule has 1 fully saturated rings. The molecule has 0 aromatic heterocycles. The van der Waals surface area contributed by atoms with E-state index in [1.807, 2.05) is 13.1 Å². The van der Waals surface area contributed by atoms with Crippen LogP contribution in [0.15, 0.2) is 28.7 Å². The van der Waals surface area contributed by atoms with Crippen molar-refractivity contribution in [3.8, 4) is 0 Å². The predicted octanol–water partition coefficient (Wildman–Crippen LogP) is 4.30. The Hall–Kier alpha value is -0.380. The van der Waals surface area contributed by atoms with Gasteiger partial charge in [-0.15, -0.1) is 0 Å². The summed E-state index contributed by atoms with van der Waals surface area (Å²) in [7, 11) is 1.98. The van der Waals surface area contributed by atoms with Crippen molar-refractivity contribution in [3.63, 3.8) is 0 Å². The SMILES string of the molecule is CNCC(OC1CCC(C)CC1)c1ccccc1Br. The van der Waals surface area contributed by atoms with Crippen LogP contribution in [0.5, 0.6) is 0 Å². The molecule has 19 heavy (non-hydrogen) atoms. The van der Waals surface area contributed by atoms with Gasteiger partial charge in [-0.1, -0.05) is 41.1 Å². The van der Waals surface area contributed by atoms with E-state index < -0.39 is 0 Å². The Morgan fingerprint density at radius 1 is 1.26 bits per heavy atom. The van der Waals surface area contributed by atoms with Crippen LogP contribution >= 0.6 is 15.9 Å². The monoisotopic (exact) mass is 325 g/mol. The Morgan fingerprint density at radius 3 is 2.58 bits per heavy atom. The van der Waals surface area contributed by atoms with Crippen molar-refractivity contribution in [3.05, 3.63) is 34.3 Å². The van der Waals surface area contributed by atoms with Gasteiger partial charge in [-0.05, 0) is 50.3 Å². The van der Waals surface area contributed by atoms with Crippen molar-refractivity contribution in [2.75, 3.05) is 13.6 Å². The fourth-order valence-electron chi connectivity index (χ4n) is 2.75. The van der Waals surface area contributed by atoms with Crippen molar-refractivity contribution in [1.29, 1.82) is 0 Å². The Balaban J connectivity index is 2.02. The van der Waals surface area contributed by atoms with E-state index >= 15 is 0 Å². The molecule has 1 aliphatic carbocycles. The Bertz CT molecular complexity index is 388. The number of likely N-dealkylation sites (N-methyl/N-ethyl adjacent to an activating group) is 1. The van der Waals surface area contributed by atoms with Gasteiger partial charge in [-0.3, -0.25) is 0 Å². The summed E-state index contributed by atoms with van der Waals surface area (Å²) >= 11 is 3.63. The molecule has 106 valence electrons. The lowest BCUT2D eigenvalue weighted by molar-refractivity contribution is -0.0358. The zero-order chi connectivity index (χ0) is 13.7.